The van der Waals surface area contributed by atoms with Gasteiger partial charge in [0, 0.05) is 13.0 Å². The summed E-state index contributed by atoms with van der Waals surface area (Å²) in [7, 11) is 1.36. The largest absolute Gasteiger partial charge is 0.418 e. The summed E-state index contributed by atoms with van der Waals surface area (Å²) < 4.78 is 19.5. The molecule has 4 rings (SSSR count). The van der Waals surface area contributed by atoms with E-state index in [0.29, 0.717) is 11.4 Å². The van der Waals surface area contributed by atoms with Gasteiger partial charge in [0.25, 0.3) is 11.8 Å². The van der Waals surface area contributed by atoms with E-state index < -0.39 is 17.8 Å². The van der Waals surface area contributed by atoms with Crippen LogP contribution >= 0.6 is 0 Å². The summed E-state index contributed by atoms with van der Waals surface area (Å²) in [4.78, 5) is 41.1. The number of amides is 2. The van der Waals surface area contributed by atoms with Gasteiger partial charge >= 0.3 is 6.09 Å². The molecule has 0 radical (unpaired) electrons. The third kappa shape index (κ3) is 4.71. The predicted octanol–water partition coefficient (Wildman–Crippen LogP) is 3.00. The summed E-state index contributed by atoms with van der Waals surface area (Å²) in [5.41, 5.74) is 0.879. The van der Waals surface area contributed by atoms with Crippen molar-refractivity contribution in [2.45, 2.75) is 18.8 Å². The summed E-state index contributed by atoms with van der Waals surface area (Å²) in [5.74, 6) is -1.08. The predicted molar refractivity (Wildman–Crippen MR) is 109 cm³/mol. The smallest absolute Gasteiger partial charge is 0.387 e. The fraction of sp³-hybridized carbons (Fsp3) is 0.200. The number of carbonyl (C=O) groups excluding carboxylic acids is 2. The number of rotatable bonds is 6. The standard InChI is InChI=1S/C20H18FN7O3/c1-22-18(29)16-13(21)3-2-4-14(16)28-20(30)31-19-17(26-12-7-23-10-24-8-12)25-9-15(27-19)11-5-6-11/h2-4,7-11H,5-6H2,1H3,(H,22,29)(H,25,26)(H,28,30). The number of hydrogen-bond acceptors (Lipinski definition) is 8. The van der Waals surface area contributed by atoms with Crippen molar-refractivity contribution >= 4 is 29.2 Å². The molecule has 0 aliphatic heterocycles. The monoisotopic (exact) mass is 423 g/mol. The Labute approximate surface area is 176 Å². The number of carbonyl (C=O) groups is 2. The molecule has 10 nitrogen and oxygen atoms in total. The van der Waals surface area contributed by atoms with Crippen molar-refractivity contribution in [2.24, 2.45) is 0 Å². The summed E-state index contributed by atoms with van der Waals surface area (Å²) in [5, 5.41) is 7.67. The van der Waals surface area contributed by atoms with Crippen LogP contribution in [0.3, 0.4) is 0 Å². The van der Waals surface area contributed by atoms with Crippen molar-refractivity contribution in [1.82, 2.24) is 25.3 Å². The second-order valence-electron chi connectivity index (χ2n) is 6.73. The van der Waals surface area contributed by atoms with Gasteiger partial charge in [0.1, 0.15) is 12.1 Å². The second kappa shape index (κ2) is 8.69. The zero-order valence-electron chi connectivity index (χ0n) is 16.4. The van der Waals surface area contributed by atoms with Crippen LogP contribution in [0.2, 0.25) is 0 Å². The van der Waals surface area contributed by atoms with Crippen LogP contribution < -0.4 is 20.7 Å². The molecule has 1 fully saturated rings. The Hall–Kier alpha value is -4.15. The molecule has 0 bridgehead atoms. The summed E-state index contributed by atoms with van der Waals surface area (Å²) in [6, 6.07) is 3.88. The molecular formula is C20H18FN7O3. The Morgan fingerprint density at radius 3 is 2.65 bits per heavy atom. The van der Waals surface area contributed by atoms with Gasteiger partial charge in [-0.3, -0.25) is 10.1 Å². The molecule has 3 N–H and O–H groups in total. The summed E-state index contributed by atoms with van der Waals surface area (Å²) in [6.07, 6.45) is 7.05. The topological polar surface area (TPSA) is 131 Å². The third-order valence-electron chi connectivity index (χ3n) is 4.47. The Morgan fingerprint density at radius 1 is 1.16 bits per heavy atom. The normalized spacial score (nSPS) is 12.7. The van der Waals surface area contributed by atoms with E-state index in [1.807, 2.05) is 0 Å². The zero-order chi connectivity index (χ0) is 21.8. The minimum absolute atomic E-state index is 0.0402. The van der Waals surface area contributed by atoms with Crippen LogP contribution in [0.25, 0.3) is 0 Å². The van der Waals surface area contributed by atoms with Crippen LogP contribution in [0.4, 0.5) is 26.4 Å². The second-order valence-corrected chi connectivity index (χ2v) is 6.73. The lowest BCUT2D eigenvalue weighted by Crippen LogP contribution is -2.24. The minimum Gasteiger partial charge on any atom is -0.387 e. The molecule has 0 atom stereocenters. The van der Waals surface area contributed by atoms with Gasteiger partial charge in [-0.25, -0.2) is 29.1 Å². The van der Waals surface area contributed by atoms with Gasteiger partial charge in [0.05, 0.1) is 41.2 Å². The molecule has 158 valence electrons. The van der Waals surface area contributed by atoms with E-state index in [9.17, 15) is 14.0 Å². The number of benzene rings is 1. The van der Waals surface area contributed by atoms with Crippen LogP contribution in [0.5, 0.6) is 5.88 Å². The first-order chi connectivity index (χ1) is 15.0. The highest BCUT2D eigenvalue weighted by atomic mass is 19.1. The summed E-state index contributed by atoms with van der Waals surface area (Å²) in [6.45, 7) is 0. The van der Waals surface area contributed by atoms with Gasteiger partial charge in [-0.05, 0) is 25.0 Å². The van der Waals surface area contributed by atoms with E-state index >= 15 is 0 Å². The van der Waals surface area contributed by atoms with E-state index in [1.165, 1.54) is 37.9 Å². The van der Waals surface area contributed by atoms with Crippen molar-refractivity contribution < 1.29 is 18.7 Å². The maximum Gasteiger partial charge on any atom is 0.418 e. The Morgan fingerprint density at radius 2 is 1.94 bits per heavy atom. The van der Waals surface area contributed by atoms with Gasteiger partial charge in [-0.2, -0.15) is 0 Å². The van der Waals surface area contributed by atoms with E-state index in [4.69, 9.17) is 4.74 Å². The number of anilines is 3. The van der Waals surface area contributed by atoms with Crippen LogP contribution in [0.15, 0.2) is 43.1 Å². The maximum absolute atomic E-state index is 14.1. The molecule has 1 saturated carbocycles. The maximum atomic E-state index is 14.1. The molecule has 31 heavy (non-hydrogen) atoms. The lowest BCUT2D eigenvalue weighted by atomic mass is 10.1. The number of hydrogen-bond donors (Lipinski definition) is 3. The molecular weight excluding hydrogens is 405 g/mol. The Kier molecular flexibility index (Phi) is 5.65. The number of halogens is 1. The van der Waals surface area contributed by atoms with Gasteiger partial charge in [0.15, 0.2) is 5.82 Å². The highest BCUT2D eigenvalue weighted by molar-refractivity contribution is 6.03. The fourth-order valence-corrected chi connectivity index (χ4v) is 2.83. The molecule has 2 heterocycles. The lowest BCUT2D eigenvalue weighted by Gasteiger charge is -2.13. The van der Waals surface area contributed by atoms with E-state index in [-0.39, 0.29) is 28.9 Å². The zero-order valence-corrected chi connectivity index (χ0v) is 16.4. The van der Waals surface area contributed by atoms with Crippen molar-refractivity contribution in [3.8, 4) is 5.88 Å². The van der Waals surface area contributed by atoms with Crippen molar-refractivity contribution in [3.63, 3.8) is 0 Å². The van der Waals surface area contributed by atoms with Crippen molar-refractivity contribution in [3.05, 3.63) is 60.2 Å². The average molecular weight is 423 g/mol. The summed E-state index contributed by atoms with van der Waals surface area (Å²) >= 11 is 0. The molecule has 0 unspecified atom stereocenters. The molecule has 1 aliphatic rings. The fourth-order valence-electron chi connectivity index (χ4n) is 2.83. The first kappa shape index (κ1) is 20.1. The van der Waals surface area contributed by atoms with E-state index in [1.54, 1.807) is 6.20 Å². The van der Waals surface area contributed by atoms with E-state index in [0.717, 1.165) is 18.9 Å². The van der Waals surface area contributed by atoms with Crippen molar-refractivity contribution in [1.29, 1.82) is 0 Å². The molecule has 2 aromatic heterocycles. The highest BCUT2D eigenvalue weighted by Gasteiger charge is 2.27. The molecule has 1 aromatic carbocycles. The van der Waals surface area contributed by atoms with Crippen LogP contribution in [-0.4, -0.2) is 39.0 Å². The Balaban J connectivity index is 1.58. The van der Waals surface area contributed by atoms with Gasteiger partial charge < -0.3 is 15.4 Å². The molecule has 0 saturated heterocycles. The minimum atomic E-state index is -0.953. The van der Waals surface area contributed by atoms with E-state index in [2.05, 4.69) is 35.9 Å². The SMILES string of the molecule is CNC(=O)c1c(F)cccc1NC(=O)Oc1nc(C2CC2)cnc1Nc1cncnc1. The molecule has 2 amide bonds. The Bertz CT molecular complexity index is 1120. The lowest BCUT2D eigenvalue weighted by molar-refractivity contribution is 0.0960. The number of nitrogens with one attached hydrogen (secondary N) is 3. The van der Waals surface area contributed by atoms with Gasteiger partial charge in [-0.1, -0.05) is 6.07 Å². The molecule has 11 heteroatoms. The third-order valence-corrected chi connectivity index (χ3v) is 4.47. The van der Waals surface area contributed by atoms with Crippen molar-refractivity contribution in [2.75, 3.05) is 17.7 Å². The van der Waals surface area contributed by atoms with Crippen LogP contribution in [0.1, 0.15) is 34.8 Å². The molecule has 3 aromatic rings. The number of ether oxygens (including phenoxy) is 1. The highest BCUT2D eigenvalue weighted by Crippen LogP contribution is 2.40. The average Bonchev–Trinajstić information content (AvgIpc) is 3.61. The first-order valence-electron chi connectivity index (χ1n) is 9.43. The van der Waals surface area contributed by atoms with Gasteiger partial charge in [-0.15, -0.1) is 0 Å². The molecule has 0 spiro atoms. The number of aromatic nitrogens is 4. The molecule has 1 aliphatic carbocycles. The first-order valence-corrected chi connectivity index (χ1v) is 9.43. The van der Waals surface area contributed by atoms with Crippen LogP contribution in [0, 0.1) is 5.82 Å². The van der Waals surface area contributed by atoms with Crippen LogP contribution in [-0.2, 0) is 0 Å². The van der Waals surface area contributed by atoms with Gasteiger partial charge in [0.2, 0.25) is 0 Å². The number of nitrogens with zero attached hydrogens (tertiary/aromatic N) is 4. The quantitative estimate of drug-likeness (QED) is 0.551.